The molecule has 1 aromatic heterocycles. The molecule has 3 rings (SSSR count). The van der Waals surface area contributed by atoms with Gasteiger partial charge in [-0.3, -0.25) is 4.79 Å². The summed E-state index contributed by atoms with van der Waals surface area (Å²) in [5.41, 5.74) is 3.44. The second-order valence-electron chi connectivity index (χ2n) is 6.77. The Morgan fingerprint density at radius 2 is 1.92 bits per heavy atom. The number of nitrogens with zero attached hydrogens (tertiary/aromatic N) is 3. The van der Waals surface area contributed by atoms with Crippen molar-refractivity contribution in [3.63, 3.8) is 0 Å². The quantitative estimate of drug-likeness (QED) is 0.785. The number of fused-ring (bicyclic) bond motifs is 1. The van der Waals surface area contributed by atoms with E-state index in [1.165, 1.54) is 16.5 Å². The van der Waals surface area contributed by atoms with Crippen LogP contribution in [0.2, 0.25) is 0 Å². The van der Waals surface area contributed by atoms with Gasteiger partial charge in [0.25, 0.3) is 0 Å². The van der Waals surface area contributed by atoms with Crippen LogP contribution in [0.1, 0.15) is 25.0 Å². The third-order valence-electron chi connectivity index (χ3n) is 5.00. The molecule has 1 aromatic carbocycles. The minimum atomic E-state index is -0.110. The molecule has 1 aliphatic heterocycles. The lowest BCUT2D eigenvalue weighted by molar-refractivity contribution is -0.132. The van der Waals surface area contributed by atoms with E-state index in [-0.39, 0.29) is 11.2 Å². The maximum absolute atomic E-state index is 12.8. The summed E-state index contributed by atoms with van der Waals surface area (Å²) in [6, 6.07) is 8.37. The molecular formula is C20H27N3OS. The Labute approximate surface area is 154 Å². The van der Waals surface area contributed by atoms with Gasteiger partial charge in [0.15, 0.2) is 0 Å². The summed E-state index contributed by atoms with van der Waals surface area (Å²) in [5.74, 6) is 0.227. The van der Waals surface area contributed by atoms with Crippen LogP contribution in [0.15, 0.2) is 29.3 Å². The summed E-state index contributed by atoms with van der Waals surface area (Å²) in [6.45, 7) is 13.1. The molecule has 1 fully saturated rings. The van der Waals surface area contributed by atoms with Crippen LogP contribution < -0.4 is 0 Å². The minimum absolute atomic E-state index is 0.110. The first-order valence-corrected chi connectivity index (χ1v) is 9.92. The van der Waals surface area contributed by atoms with Crippen molar-refractivity contribution in [2.45, 2.75) is 38.0 Å². The number of hydrogen-bond donors (Lipinski definition) is 0. The second-order valence-corrected chi connectivity index (χ2v) is 8.13. The van der Waals surface area contributed by atoms with E-state index in [9.17, 15) is 4.79 Å². The zero-order valence-corrected chi connectivity index (χ0v) is 16.4. The number of rotatable bonds is 4. The monoisotopic (exact) mass is 357 g/mol. The van der Waals surface area contributed by atoms with Gasteiger partial charge in [0.05, 0.1) is 15.8 Å². The molecule has 134 valence electrons. The molecule has 5 heteroatoms. The van der Waals surface area contributed by atoms with Gasteiger partial charge in [-0.2, -0.15) is 0 Å². The molecule has 0 radical (unpaired) electrons. The van der Waals surface area contributed by atoms with Crippen LogP contribution in [0.3, 0.4) is 0 Å². The third kappa shape index (κ3) is 3.98. The first-order chi connectivity index (χ1) is 12.0. The summed E-state index contributed by atoms with van der Waals surface area (Å²) < 4.78 is 0. The van der Waals surface area contributed by atoms with E-state index in [2.05, 4.69) is 49.9 Å². The van der Waals surface area contributed by atoms with E-state index < -0.39 is 0 Å². The Hall–Kier alpha value is -1.59. The number of carbonyl (C=O) groups excluding carboxylic acids is 1. The van der Waals surface area contributed by atoms with Crippen LogP contribution in [0.25, 0.3) is 10.9 Å². The van der Waals surface area contributed by atoms with Crippen LogP contribution in [0, 0.1) is 13.8 Å². The van der Waals surface area contributed by atoms with Gasteiger partial charge in [0.1, 0.15) is 0 Å². The van der Waals surface area contributed by atoms with Gasteiger partial charge in [-0.05, 0) is 44.5 Å². The molecule has 2 aromatic rings. The largest absolute Gasteiger partial charge is 0.339 e. The van der Waals surface area contributed by atoms with E-state index in [1.54, 1.807) is 11.8 Å². The lowest BCUT2D eigenvalue weighted by atomic mass is 10.1. The molecule has 4 nitrogen and oxygen atoms in total. The standard InChI is InChI=1S/C20H27N3OS/c1-5-22-9-11-23(12-10-22)20(24)16(4)25-18-13-15(3)17-8-6-7-14(2)19(17)21-18/h6-8,13,16H,5,9-12H2,1-4H3. The van der Waals surface area contributed by atoms with Crippen molar-refractivity contribution in [2.24, 2.45) is 0 Å². The highest BCUT2D eigenvalue weighted by Gasteiger charge is 2.25. The predicted molar refractivity (Wildman–Crippen MR) is 105 cm³/mol. The van der Waals surface area contributed by atoms with Crippen LogP contribution in [-0.2, 0) is 4.79 Å². The summed E-state index contributed by atoms with van der Waals surface area (Å²) in [6.07, 6.45) is 0. The molecule has 0 bridgehead atoms. The molecule has 25 heavy (non-hydrogen) atoms. The third-order valence-corrected chi connectivity index (χ3v) is 6.01. The summed E-state index contributed by atoms with van der Waals surface area (Å²) in [7, 11) is 0. The highest BCUT2D eigenvalue weighted by molar-refractivity contribution is 8.00. The molecule has 1 aliphatic rings. The zero-order chi connectivity index (χ0) is 18.0. The van der Waals surface area contributed by atoms with Crippen molar-refractivity contribution in [3.05, 3.63) is 35.4 Å². The van der Waals surface area contributed by atoms with Crippen molar-refractivity contribution in [1.29, 1.82) is 0 Å². The minimum Gasteiger partial charge on any atom is -0.339 e. The number of para-hydroxylation sites is 1. The number of likely N-dealkylation sites (N-methyl/N-ethyl adjacent to an activating group) is 1. The normalized spacial score (nSPS) is 17.0. The first-order valence-electron chi connectivity index (χ1n) is 9.04. The number of pyridine rings is 1. The molecule has 2 heterocycles. The van der Waals surface area contributed by atoms with E-state index in [4.69, 9.17) is 4.98 Å². The number of carbonyl (C=O) groups is 1. The number of aromatic nitrogens is 1. The maximum Gasteiger partial charge on any atom is 0.235 e. The van der Waals surface area contributed by atoms with Gasteiger partial charge in [0.2, 0.25) is 5.91 Å². The van der Waals surface area contributed by atoms with E-state index in [1.807, 2.05) is 11.8 Å². The predicted octanol–water partition coefficient (Wildman–Crippen LogP) is 3.50. The Bertz CT molecular complexity index is 769. The van der Waals surface area contributed by atoms with Crippen molar-refractivity contribution < 1.29 is 4.79 Å². The number of amides is 1. The van der Waals surface area contributed by atoms with Crippen molar-refractivity contribution in [1.82, 2.24) is 14.8 Å². The van der Waals surface area contributed by atoms with Crippen LogP contribution in [0.4, 0.5) is 0 Å². The maximum atomic E-state index is 12.8. The highest BCUT2D eigenvalue weighted by Crippen LogP contribution is 2.28. The summed E-state index contributed by atoms with van der Waals surface area (Å²) in [5, 5.41) is 2.02. The molecule has 0 spiro atoms. The lowest BCUT2D eigenvalue weighted by Crippen LogP contribution is -2.50. The van der Waals surface area contributed by atoms with Gasteiger partial charge in [-0.15, -0.1) is 0 Å². The molecule has 1 amide bonds. The average molecular weight is 358 g/mol. The fraction of sp³-hybridized carbons (Fsp3) is 0.500. The van der Waals surface area contributed by atoms with Crippen molar-refractivity contribution in [3.8, 4) is 0 Å². The molecule has 0 N–H and O–H groups in total. The first kappa shape index (κ1) is 18.2. The number of hydrogen-bond acceptors (Lipinski definition) is 4. The van der Waals surface area contributed by atoms with Crippen molar-refractivity contribution >= 4 is 28.6 Å². The van der Waals surface area contributed by atoms with Gasteiger partial charge in [-0.1, -0.05) is 36.9 Å². The number of piperazine rings is 1. The Morgan fingerprint density at radius 3 is 2.60 bits per heavy atom. The molecular weight excluding hydrogens is 330 g/mol. The highest BCUT2D eigenvalue weighted by atomic mass is 32.2. The molecule has 1 unspecified atom stereocenters. The van der Waals surface area contributed by atoms with Gasteiger partial charge in [0, 0.05) is 31.6 Å². The van der Waals surface area contributed by atoms with E-state index in [0.29, 0.717) is 0 Å². The SMILES string of the molecule is CCN1CCN(C(=O)C(C)Sc2cc(C)c3cccc(C)c3n2)CC1. The van der Waals surface area contributed by atoms with Crippen LogP contribution in [-0.4, -0.2) is 58.7 Å². The molecule has 1 atom stereocenters. The molecule has 0 aliphatic carbocycles. The second kappa shape index (κ2) is 7.75. The van der Waals surface area contributed by atoms with Crippen molar-refractivity contribution in [2.75, 3.05) is 32.7 Å². The topological polar surface area (TPSA) is 36.4 Å². The number of benzene rings is 1. The molecule has 1 saturated heterocycles. The number of thioether (sulfide) groups is 1. The zero-order valence-electron chi connectivity index (χ0n) is 15.6. The fourth-order valence-corrected chi connectivity index (χ4v) is 4.37. The Morgan fingerprint density at radius 1 is 1.20 bits per heavy atom. The average Bonchev–Trinajstić information content (AvgIpc) is 2.62. The smallest absolute Gasteiger partial charge is 0.235 e. The van der Waals surface area contributed by atoms with Crippen LogP contribution in [0.5, 0.6) is 0 Å². The Kier molecular flexibility index (Phi) is 5.64. The Balaban J connectivity index is 1.72. The summed E-state index contributed by atoms with van der Waals surface area (Å²) in [4.78, 5) is 22.0. The van der Waals surface area contributed by atoms with Gasteiger partial charge < -0.3 is 9.80 Å². The van der Waals surface area contributed by atoms with Gasteiger partial charge in [-0.25, -0.2) is 4.98 Å². The summed E-state index contributed by atoms with van der Waals surface area (Å²) >= 11 is 1.57. The number of aryl methyl sites for hydroxylation is 2. The lowest BCUT2D eigenvalue weighted by Gasteiger charge is -2.35. The van der Waals surface area contributed by atoms with Crippen LogP contribution >= 0.6 is 11.8 Å². The van der Waals surface area contributed by atoms with E-state index >= 15 is 0 Å². The molecule has 0 saturated carbocycles. The van der Waals surface area contributed by atoms with Gasteiger partial charge >= 0.3 is 0 Å². The van der Waals surface area contributed by atoms with E-state index in [0.717, 1.165) is 43.3 Å². The fourth-order valence-electron chi connectivity index (χ4n) is 3.36.